The molecule has 1 N–H and O–H groups in total. The number of amides is 1. The molecule has 2 fully saturated rings. The average Bonchev–Trinajstić information content (AvgIpc) is 3.63. The maximum atomic E-state index is 13.8. The van der Waals surface area contributed by atoms with E-state index in [-0.39, 0.29) is 34.4 Å². The molecule has 1 aromatic carbocycles. The van der Waals surface area contributed by atoms with Gasteiger partial charge in [0.25, 0.3) is 5.91 Å². The van der Waals surface area contributed by atoms with E-state index in [1.165, 1.54) is 24.5 Å². The van der Waals surface area contributed by atoms with Crippen LogP contribution in [0.5, 0.6) is 5.88 Å². The van der Waals surface area contributed by atoms with Crippen molar-refractivity contribution in [3.63, 3.8) is 0 Å². The van der Waals surface area contributed by atoms with Crippen molar-refractivity contribution in [1.82, 2.24) is 9.97 Å². The van der Waals surface area contributed by atoms with Gasteiger partial charge in [0.1, 0.15) is 12.3 Å². The highest BCUT2D eigenvalue weighted by Crippen LogP contribution is 2.36. The van der Waals surface area contributed by atoms with Crippen molar-refractivity contribution in [3.05, 3.63) is 48.3 Å². The van der Waals surface area contributed by atoms with Gasteiger partial charge >= 0.3 is 0 Å². The number of nitrogens with one attached hydrogen (secondary N) is 1. The fourth-order valence-electron chi connectivity index (χ4n) is 3.89. The molecule has 0 spiro atoms. The number of halogens is 2. The minimum atomic E-state index is -3.37. The number of carbonyl (C=O) groups is 1. The SMILES string of the molecule is CCCOc1cnc(NC(=O)/C(=C/C2C[C@@H](F)[C@@H](F)C2)c2ccc(S(=O)(=O)C3CC3)cc2)cn1. The van der Waals surface area contributed by atoms with Crippen LogP contribution in [0.1, 0.15) is 44.6 Å². The summed E-state index contributed by atoms with van der Waals surface area (Å²) in [5.74, 6) is -0.480. The minimum absolute atomic E-state index is 0.0185. The van der Waals surface area contributed by atoms with Crippen molar-refractivity contribution in [3.8, 4) is 5.88 Å². The number of nitrogens with zero attached hydrogens (tertiary/aromatic N) is 2. The van der Waals surface area contributed by atoms with Crippen LogP contribution < -0.4 is 10.1 Å². The van der Waals surface area contributed by atoms with Gasteiger partial charge in [-0.3, -0.25) is 4.79 Å². The van der Waals surface area contributed by atoms with Crippen LogP contribution in [-0.2, 0) is 14.6 Å². The summed E-state index contributed by atoms with van der Waals surface area (Å²) < 4.78 is 57.9. The van der Waals surface area contributed by atoms with E-state index >= 15 is 0 Å². The van der Waals surface area contributed by atoms with Gasteiger partial charge in [-0.25, -0.2) is 27.2 Å². The number of benzene rings is 1. The van der Waals surface area contributed by atoms with Crippen LogP contribution >= 0.6 is 0 Å². The number of ether oxygens (including phenoxy) is 1. The van der Waals surface area contributed by atoms with Gasteiger partial charge < -0.3 is 10.1 Å². The van der Waals surface area contributed by atoms with Crippen LogP contribution in [0.2, 0.25) is 0 Å². The van der Waals surface area contributed by atoms with Crippen LogP contribution in [0.3, 0.4) is 0 Å². The molecule has 2 saturated carbocycles. The van der Waals surface area contributed by atoms with Crippen molar-refractivity contribution in [1.29, 1.82) is 0 Å². The Labute approximate surface area is 197 Å². The number of allylic oxidation sites excluding steroid dienone is 1. The molecule has 1 unspecified atom stereocenters. The van der Waals surface area contributed by atoms with Crippen LogP contribution in [0.4, 0.5) is 14.6 Å². The summed E-state index contributed by atoms with van der Waals surface area (Å²) in [6, 6.07) is 6.02. The standard InChI is InChI=1S/C24H27F2N3O4S/c1-2-9-33-23-14-27-22(13-28-23)29-24(30)19(10-15-11-20(25)21(26)12-15)16-3-5-17(6-4-16)34(31,32)18-7-8-18/h3-6,10,13-15,18,20-21H,2,7-9,11-12H2,1H3,(H,27,29,30)/b19-10+/t15?,20-,21+. The molecule has 4 rings (SSSR count). The number of hydrogen-bond acceptors (Lipinski definition) is 6. The number of rotatable bonds is 9. The van der Waals surface area contributed by atoms with Gasteiger partial charge in [0.05, 0.1) is 29.1 Å². The van der Waals surface area contributed by atoms with Crippen molar-refractivity contribution in [2.24, 2.45) is 5.92 Å². The van der Waals surface area contributed by atoms with E-state index in [4.69, 9.17) is 4.74 Å². The first-order valence-corrected chi connectivity index (χ1v) is 12.9. The van der Waals surface area contributed by atoms with E-state index in [0.29, 0.717) is 30.9 Å². The molecular weight excluding hydrogens is 464 g/mol. The van der Waals surface area contributed by atoms with Crippen molar-refractivity contribution in [2.45, 2.75) is 61.5 Å². The first-order valence-electron chi connectivity index (χ1n) is 11.4. The zero-order valence-electron chi connectivity index (χ0n) is 18.8. The first-order chi connectivity index (χ1) is 16.3. The van der Waals surface area contributed by atoms with Crippen LogP contribution in [0.15, 0.2) is 47.6 Å². The third kappa shape index (κ3) is 5.60. The smallest absolute Gasteiger partial charge is 0.257 e. The monoisotopic (exact) mass is 491 g/mol. The molecule has 0 radical (unpaired) electrons. The molecular formula is C24H27F2N3O4S. The van der Waals surface area contributed by atoms with E-state index in [9.17, 15) is 22.0 Å². The Morgan fingerprint density at radius 1 is 1.12 bits per heavy atom. The lowest BCUT2D eigenvalue weighted by Crippen LogP contribution is -2.16. The molecule has 2 aliphatic rings. The van der Waals surface area contributed by atoms with Gasteiger partial charge in [-0.05, 0) is 55.7 Å². The minimum Gasteiger partial charge on any atom is -0.477 e. The Balaban J connectivity index is 1.57. The lowest BCUT2D eigenvalue weighted by atomic mass is 9.98. The van der Waals surface area contributed by atoms with Crippen molar-refractivity contribution in [2.75, 3.05) is 11.9 Å². The second-order valence-electron chi connectivity index (χ2n) is 8.66. The van der Waals surface area contributed by atoms with Crippen molar-refractivity contribution < 1.29 is 26.7 Å². The van der Waals surface area contributed by atoms with Gasteiger partial charge in [-0.2, -0.15) is 0 Å². The predicted octanol–water partition coefficient (Wildman–Crippen LogP) is 4.31. The molecule has 2 aromatic rings. The Morgan fingerprint density at radius 3 is 2.35 bits per heavy atom. The highest BCUT2D eigenvalue weighted by Gasteiger charge is 2.37. The third-order valence-corrected chi connectivity index (χ3v) is 8.15. The van der Waals surface area contributed by atoms with E-state index in [1.54, 1.807) is 18.2 Å². The number of sulfone groups is 1. The normalized spacial score (nSPS) is 23.0. The summed E-state index contributed by atoms with van der Waals surface area (Å²) in [5, 5.41) is 2.30. The molecule has 0 bridgehead atoms. The zero-order chi connectivity index (χ0) is 24.3. The van der Waals surface area contributed by atoms with Gasteiger partial charge in [-0.15, -0.1) is 0 Å². The van der Waals surface area contributed by atoms with Gasteiger partial charge in [0.2, 0.25) is 5.88 Å². The van der Waals surface area contributed by atoms with Gasteiger partial charge in [0.15, 0.2) is 15.7 Å². The van der Waals surface area contributed by atoms with Crippen LogP contribution in [0.25, 0.3) is 5.57 Å². The molecule has 34 heavy (non-hydrogen) atoms. The predicted molar refractivity (Wildman–Crippen MR) is 124 cm³/mol. The maximum Gasteiger partial charge on any atom is 0.257 e. The highest BCUT2D eigenvalue weighted by atomic mass is 32.2. The lowest BCUT2D eigenvalue weighted by molar-refractivity contribution is -0.111. The van der Waals surface area contributed by atoms with E-state index in [1.807, 2.05) is 6.92 Å². The molecule has 3 atom stereocenters. The average molecular weight is 492 g/mol. The van der Waals surface area contributed by atoms with Gasteiger partial charge in [0, 0.05) is 5.57 Å². The Morgan fingerprint density at radius 2 is 1.79 bits per heavy atom. The molecule has 1 aromatic heterocycles. The lowest BCUT2D eigenvalue weighted by Gasteiger charge is -2.13. The summed E-state index contributed by atoms with van der Waals surface area (Å²) in [5.41, 5.74) is 0.635. The number of anilines is 1. The molecule has 182 valence electrons. The van der Waals surface area contributed by atoms with E-state index < -0.39 is 34.0 Å². The molecule has 0 aliphatic heterocycles. The molecule has 7 nitrogen and oxygen atoms in total. The molecule has 10 heteroatoms. The molecule has 1 amide bonds. The van der Waals surface area contributed by atoms with E-state index in [0.717, 1.165) is 6.42 Å². The van der Waals surface area contributed by atoms with Gasteiger partial charge in [-0.1, -0.05) is 25.1 Å². The summed E-state index contributed by atoms with van der Waals surface area (Å²) in [6.07, 6.45) is 3.24. The van der Waals surface area contributed by atoms with Crippen LogP contribution in [-0.4, -0.2) is 48.5 Å². The Bertz CT molecular complexity index is 1140. The quantitative estimate of drug-likeness (QED) is 0.525. The van der Waals surface area contributed by atoms with Crippen LogP contribution in [0, 0.1) is 5.92 Å². The maximum absolute atomic E-state index is 13.8. The fourth-order valence-corrected chi connectivity index (χ4v) is 5.54. The van der Waals surface area contributed by atoms with E-state index in [2.05, 4.69) is 15.3 Å². The summed E-state index contributed by atoms with van der Waals surface area (Å²) in [6.45, 7) is 2.45. The summed E-state index contributed by atoms with van der Waals surface area (Å²) in [7, 11) is -3.37. The zero-order valence-corrected chi connectivity index (χ0v) is 19.6. The summed E-state index contributed by atoms with van der Waals surface area (Å²) >= 11 is 0. The second kappa shape index (κ2) is 10.2. The molecule has 1 heterocycles. The largest absolute Gasteiger partial charge is 0.477 e. The number of alkyl halides is 2. The molecule has 0 saturated heterocycles. The fraction of sp³-hybridized carbons (Fsp3) is 0.458. The van der Waals surface area contributed by atoms with Crippen molar-refractivity contribution >= 4 is 27.1 Å². The Hall–Kier alpha value is -2.88. The Kier molecular flexibility index (Phi) is 7.25. The number of hydrogen-bond donors (Lipinski definition) is 1. The topological polar surface area (TPSA) is 98.2 Å². The number of aromatic nitrogens is 2. The second-order valence-corrected chi connectivity index (χ2v) is 10.9. The first kappa shape index (κ1) is 24.3. The number of carbonyl (C=O) groups excluding carboxylic acids is 1. The summed E-state index contributed by atoms with van der Waals surface area (Å²) in [4.78, 5) is 21.6. The molecule has 2 aliphatic carbocycles. The highest BCUT2D eigenvalue weighted by molar-refractivity contribution is 7.92. The third-order valence-electron chi connectivity index (χ3n) is 5.88.